The van der Waals surface area contributed by atoms with Gasteiger partial charge in [-0.2, -0.15) is 0 Å². The minimum Gasteiger partial charge on any atom is -0.478 e. The predicted octanol–water partition coefficient (Wildman–Crippen LogP) is 5.93. The third-order valence-electron chi connectivity index (χ3n) is 5.93. The van der Waals surface area contributed by atoms with Crippen LogP contribution < -0.4 is 10.0 Å². The summed E-state index contributed by atoms with van der Waals surface area (Å²) in [5, 5.41) is 23.7. The van der Waals surface area contributed by atoms with Crippen molar-refractivity contribution in [3.05, 3.63) is 90.3 Å². The molecule has 1 heterocycles. The fraction of sp³-hybridized carbons (Fsp3) is 0.286. The molecule has 1 unspecified atom stereocenters. The normalized spacial score (nSPS) is 12.0. The van der Waals surface area contributed by atoms with Crippen LogP contribution in [0, 0.1) is 0 Å². The van der Waals surface area contributed by atoms with Gasteiger partial charge in [0.1, 0.15) is 5.52 Å². The first kappa shape index (κ1) is 28.2. The number of aliphatic hydroxyl groups is 1. The molecule has 0 aliphatic rings. The van der Waals surface area contributed by atoms with Crippen LogP contribution in [0.5, 0.6) is 0 Å². The summed E-state index contributed by atoms with van der Waals surface area (Å²) in [5.41, 5.74) is 3.04. The summed E-state index contributed by atoms with van der Waals surface area (Å²) < 4.78 is 14.8. The molecule has 0 fully saturated rings. The van der Waals surface area contributed by atoms with Crippen LogP contribution in [-0.2, 0) is 6.54 Å². The number of carbonyl (C=O) groups is 1. The SMILES string of the molecule is CC(C)(CCn1cnc2c(C(=O)O)cccc21)NCC(O)c1cccc(NSc2ccccc2)c1.CF. The van der Waals surface area contributed by atoms with Crippen molar-refractivity contribution in [1.29, 1.82) is 0 Å². The van der Waals surface area contributed by atoms with Gasteiger partial charge in [0.15, 0.2) is 0 Å². The van der Waals surface area contributed by atoms with E-state index in [4.69, 9.17) is 0 Å². The zero-order chi connectivity index (χ0) is 26.8. The van der Waals surface area contributed by atoms with E-state index < -0.39 is 12.1 Å². The number of nitrogens with one attached hydrogen (secondary N) is 2. The van der Waals surface area contributed by atoms with Crippen LogP contribution in [-0.4, -0.2) is 45.0 Å². The van der Waals surface area contributed by atoms with Crippen molar-refractivity contribution >= 4 is 34.6 Å². The van der Waals surface area contributed by atoms with Crippen LogP contribution >= 0.6 is 11.9 Å². The molecule has 4 N–H and O–H groups in total. The lowest BCUT2D eigenvalue weighted by Crippen LogP contribution is -2.42. The van der Waals surface area contributed by atoms with Crippen LogP contribution in [0.2, 0.25) is 0 Å². The molecular weight excluding hydrogens is 491 g/mol. The Morgan fingerprint density at radius 2 is 1.81 bits per heavy atom. The van der Waals surface area contributed by atoms with Gasteiger partial charge in [0.2, 0.25) is 0 Å². The number of anilines is 1. The van der Waals surface area contributed by atoms with E-state index in [1.165, 1.54) is 11.9 Å². The zero-order valence-electron chi connectivity index (χ0n) is 21.2. The van der Waals surface area contributed by atoms with Crippen molar-refractivity contribution in [3.63, 3.8) is 0 Å². The highest BCUT2D eigenvalue weighted by atomic mass is 32.2. The van der Waals surface area contributed by atoms with Crippen LogP contribution in [0.15, 0.2) is 84.0 Å². The van der Waals surface area contributed by atoms with Gasteiger partial charge in [-0.15, -0.1) is 0 Å². The highest BCUT2D eigenvalue weighted by molar-refractivity contribution is 8.00. The van der Waals surface area contributed by atoms with E-state index in [1.54, 1.807) is 18.5 Å². The summed E-state index contributed by atoms with van der Waals surface area (Å²) in [5.74, 6) is -0.977. The van der Waals surface area contributed by atoms with Crippen molar-refractivity contribution in [2.24, 2.45) is 0 Å². The quantitative estimate of drug-likeness (QED) is 0.180. The molecule has 0 saturated heterocycles. The first-order valence-corrected chi connectivity index (χ1v) is 12.7. The third kappa shape index (κ3) is 7.79. The van der Waals surface area contributed by atoms with Gasteiger partial charge < -0.3 is 24.8 Å². The van der Waals surface area contributed by atoms with Gasteiger partial charge in [0.25, 0.3) is 0 Å². The second-order valence-electron chi connectivity index (χ2n) is 9.09. The minimum atomic E-state index is -0.977. The summed E-state index contributed by atoms with van der Waals surface area (Å²) in [7, 11) is 0.500. The van der Waals surface area contributed by atoms with Gasteiger partial charge in [0.05, 0.1) is 30.7 Å². The molecule has 0 spiro atoms. The maximum atomic E-state index is 11.4. The highest BCUT2D eigenvalue weighted by Gasteiger charge is 2.20. The topological polar surface area (TPSA) is 99.4 Å². The molecule has 0 saturated carbocycles. The van der Waals surface area contributed by atoms with E-state index in [2.05, 4.69) is 28.9 Å². The van der Waals surface area contributed by atoms with E-state index in [1.807, 2.05) is 65.2 Å². The lowest BCUT2D eigenvalue weighted by molar-refractivity contribution is 0.0699. The van der Waals surface area contributed by atoms with Gasteiger partial charge in [-0.25, -0.2) is 9.78 Å². The van der Waals surface area contributed by atoms with E-state index in [0.29, 0.717) is 25.8 Å². The zero-order valence-corrected chi connectivity index (χ0v) is 22.0. The fourth-order valence-electron chi connectivity index (χ4n) is 3.83. The first-order chi connectivity index (χ1) is 17.8. The summed E-state index contributed by atoms with van der Waals surface area (Å²) in [6.45, 7) is 5.27. The molecule has 3 aromatic carbocycles. The Kier molecular flexibility index (Phi) is 10.1. The van der Waals surface area contributed by atoms with Crippen molar-refractivity contribution in [3.8, 4) is 0 Å². The average molecular weight is 525 g/mol. The van der Waals surface area contributed by atoms with Crippen molar-refractivity contribution in [1.82, 2.24) is 14.9 Å². The van der Waals surface area contributed by atoms with Gasteiger partial charge in [-0.3, -0.25) is 4.39 Å². The molecule has 7 nitrogen and oxygen atoms in total. The Labute approximate surface area is 220 Å². The van der Waals surface area contributed by atoms with Crippen molar-refractivity contribution < 1.29 is 19.4 Å². The molecule has 0 bridgehead atoms. The second-order valence-corrected chi connectivity index (χ2v) is 9.97. The molecule has 9 heteroatoms. The van der Waals surface area contributed by atoms with E-state index >= 15 is 0 Å². The summed E-state index contributed by atoms with van der Waals surface area (Å²) in [4.78, 5) is 16.9. The van der Waals surface area contributed by atoms with E-state index in [0.717, 1.165) is 28.1 Å². The van der Waals surface area contributed by atoms with Crippen LogP contribution in [0.25, 0.3) is 11.0 Å². The number of imidazole rings is 1. The molecule has 0 amide bonds. The van der Waals surface area contributed by atoms with Crippen LogP contribution in [0.3, 0.4) is 0 Å². The van der Waals surface area contributed by atoms with Gasteiger partial charge in [0, 0.05) is 29.2 Å². The number of aliphatic hydroxyl groups excluding tert-OH is 1. The number of hydrogen-bond donors (Lipinski definition) is 4. The number of aromatic carboxylic acids is 1. The standard InChI is InChI=1S/C27H30N4O3S.CH3F/c1-27(2,14-15-31-18-28-25-22(26(33)34)12-7-13-23(25)31)29-17-24(32)19-8-6-9-20(16-19)30-35-21-10-4-3-5-11-21;1-2/h3-13,16,18,24,29-30,32H,14-15,17H2,1-2H3,(H,33,34);1H3. The number of carboxylic acid groups (broad SMARTS) is 1. The third-order valence-corrected chi connectivity index (χ3v) is 6.78. The predicted molar refractivity (Wildman–Crippen MR) is 148 cm³/mol. The Balaban J connectivity index is 0.00000186. The number of para-hydroxylation sites is 1. The number of fused-ring (bicyclic) bond motifs is 1. The molecule has 4 aromatic rings. The van der Waals surface area contributed by atoms with Crippen molar-refractivity contribution in [2.45, 2.75) is 43.4 Å². The number of carboxylic acids is 1. The number of aromatic nitrogens is 2. The average Bonchev–Trinajstić information content (AvgIpc) is 3.34. The number of hydrogen-bond acceptors (Lipinski definition) is 6. The molecule has 1 atom stereocenters. The Morgan fingerprint density at radius 3 is 2.54 bits per heavy atom. The molecule has 1 aromatic heterocycles. The largest absolute Gasteiger partial charge is 0.478 e. The Morgan fingerprint density at radius 1 is 1.08 bits per heavy atom. The Hall–Kier alpha value is -3.40. The number of rotatable bonds is 11. The number of nitrogens with zero attached hydrogens (tertiary/aromatic N) is 2. The van der Waals surface area contributed by atoms with Gasteiger partial charge in [-0.1, -0.05) is 36.4 Å². The highest BCUT2D eigenvalue weighted by Crippen LogP contribution is 2.24. The molecule has 196 valence electrons. The lowest BCUT2D eigenvalue weighted by atomic mass is 9.99. The van der Waals surface area contributed by atoms with Crippen LogP contribution in [0.1, 0.15) is 42.3 Å². The molecule has 0 aliphatic carbocycles. The minimum absolute atomic E-state index is 0.209. The lowest BCUT2D eigenvalue weighted by Gasteiger charge is -2.28. The van der Waals surface area contributed by atoms with Gasteiger partial charge in [-0.05, 0) is 74.2 Å². The van der Waals surface area contributed by atoms with Crippen LogP contribution in [0.4, 0.5) is 10.1 Å². The molecule has 4 rings (SSSR count). The van der Waals surface area contributed by atoms with E-state index in [9.17, 15) is 19.4 Å². The number of aryl methyl sites for hydroxylation is 1. The second kappa shape index (κ2) is 13.2. The summed E-state index contributed by atoms with van der Waals surface area (Å²) >= 11 is 1.53. The summed E-state index contributed by atoms with van der Waals surface area (Å²) in [6.07, 6.45) is 1.82. The van der Waals surface area contributed by atoms with Crippen molar-refractivity contribution in [2.75, 3.05) is 18.4 Å². The molecule has 37 heavy (non-hydrogen) atoms. The maximum absolute atomic E-state index is 11.4. The molecular formula is C28H33FN4O3S. The number of alkyl halides is 1. The van der Waals surface area contributed by atoms with E-state index in [-0.39, 0.29) is 11.1 Å². The Bertz CT molecular complexity index is 1300. The maximum Gasteiger partial charge on any atom is 0.337 e. The number of halogens is 1. The number of benzene rings is 3. The van der Waals surface area contributed by atoms with Gasteiger partial charge >= 0.3 is 5.97 Å². The monoisotopic (exact) mass is 524 g/mol. The smallest absolute Gasteiger partial charge is 0.337 e. The first-order valence-electron chi connectivity index (χ1n) is 11.9. The fourth-order valence-corrected chi connectivity index (χ4v) is 4.49. The number of β-amino-alcohol motifs (C(OH)–C–C–N with tert-alkyl or cyclic N) is 1. The molecule has 0 radical (unpaired) electrons. The summed E-state index contributed by atoms with van der Waals surface area (Å²) in [6, 6.07) is 23.1. The molecule has 0 aliphatic heterocycles.